The van der Waals surface area contributed by atoms with Crippen molar-refractivity contribution in [2.75, 3.05) is 19.7 Å². The molecule has 1 aliphatic heterocycles. The van der Waals surface area contributed by atoms with E-state index in [4.69, 9.17) is 4.74 Å². The molecule has 1 aliphatic rings. The Kier molecular flexibility index (Phi) is 3.92. The van der Waals surface area contributed by atoms with Crippen LogP contribution >= 0.6 is 0 Å². The zero-order chi connectivity index (χ0) is 16.4. The van der Waals surface area contributed by atoms with Gasteiger partial charge in [-0.1, -0.05) is 18.2 Å². The largest absolute Gasteiger partial charge is 0.452 e. The first kappa shape index (κ1) is 15.0. The van der Waals surface area contributed by atoms with E-state index >= 15 is 0 Å². The van der Waals surface area contributed by atoms with Gasteiger partial charge in [-0.3, -0.25) is 14.7 Å². The van der Waals surface area contributed by atoms with Crippen molar-refractivity contribution < 1.29 is 19.1 Å². The molecule has 0 atom stereocenters. The zero-order valence-corrected chi connectivity index (χ0v) is 12.5. The maximum atomic E-state index is 12.3. The van der Waals surface area contributed by atoms with Crippen LogP contribution in [-0.2, 0) is 9.53 Å². The molecule has 1 fully saturated rings. The minimum atomic E-state index is -0.611. The summed E-state index contributed by atoms with van der Waals surface area (Å²) in [4.78, 5) is 41.0. The highest BCUT2D eigenvalue weighted by atomic mass is 16.5. The van der Waals surface area contributed by atoms with Gasteiger partial charge in [0.15, 0.2) is 6.61 Å². The lowest BCUT2D eigenvalue weighted by atomic mass is 10.1. The summed E-state index contributed by atoms with van der Waals surface area (Å²) in [7, 11) is 0. The molecular weight excluding hydrogens is 298 g/mol. The molecular formula is C16H15N3O4. The molecule has 1 aromatic carbocycles. The predicted molar refractivity (Wildman–Crippen MR) is 81.9 cm³/mol. The van der Waals surface area contributed by atoms with Gasteiger partial charge in [0.2, 0.25) is 0 Å². The highest BCUT2D eigenvalue weighted by Crippen LogP contribution is 2.19. The van der Waals surface area contributed by atoms with Crippen LogP contribution in [0, 0.1) is 6.92 Å². The van der Waals surface area contributed by atoms with Gasteiger partial charge in [-0.2, -0.15) is 0 Å². The Hall–Kier alpha value is -2.96. The van der Waals surface area contributed by atoms with E-state index in [2.05, 4.69) is 10.3 Å². The third kappa shape index (κ3) is 2.98. The third-order valence-corrected chi connectivity index (χ3v) is 3.55. The van der Waals surface area contributed by atoms with Crippen molar-refractivity contribution in [2.45, 2.75) is 6.92 Å². The number of hydrogen-bond acceptors (Lipinski definition) is 5. The first-order chi connectivity index (χ1) is 11.1. The number of imide groups is 1. The number of aromatic nitrogens is 1. The zero-order valence-electron chi connectivity index (χ0n) is 12.5. The summed E-state index contributed by atoms with van der Waals surface area (Å²) in [5.41, 5.74) is 1.72. The second-order valence-electron chi connectivity index (χ2n) is 5.18. The molecule has 0 unspecified atom stereocenters. The predicted octanol–water partition coefficient (Wildman–Crippen LogP) is 1.25. The SMILES string of the molecule is Cc1cc(C(=O)OCC(=O)N2CCNC2=O)c2ccccc2n1. The maximum Gasteiger partial charge on any atom is 0.339 e. The number of rotatable bonds is 3. The van der Waals surface area contributed by atoms with Crippen LogP contribution in [0.1, 0.15) is 16.1 Å². The van der Waals surface area contributed by atoms with Gasteiger partial charge in [0.05, 0.1) is 11.1 Å². The number of para-hydroxylation sites is 1. The molecule has 23 heavy (non-hydrogen) atoms. The fourth-order valence-electron chi connectivity index (χ4n) is 2.47. The van der Waals surface area contributed by atoms with Gasteiger partial charge in [0.1, 0.15) is 0 Å². The fraction of sp³-hybridized carbons (Fsp3) is 0.250. The lowest BCUT2D eigenvalue weighted by Gasteiger charge is -2.13. The summed E-state index contributed by atoms with van der Waals surface area (Å²) in [5.74, 6) is -1.15. The van der Waals surface area contributed by atoms with Crippen LogP contribution in [-0.4, -0.2) is 47.5 Å². The Balaban J connectivity index is 1.76. The van der Waals surface area contributed by atoms with Crippen molar-refractivity contribution in [2.24, 2.45) is 0 Å². The number of benzene rings is 1. The number of pyridine rings is 1. The second-order valence-corrected chi connectivity index (χ2v) is 5.18. The van der Waals surface area contributed by atoms with Gasteiger partial charge in [-0.25, -0.2) is 9.59 Å². The van der Waals surface area contributed by atoms with E-state index in [1.54, 1.807) is 31.2 Å². The van der Waals surface area contributed by atoms with Crippen LogP contribution < -0.4 is 5.32 Å². The van der Waals surface area contributed by atoms with E-state index in [9.17, 15) is 14.4 Å². The first-order valence-electron chi connectivity index (χ1n) is 7.18. The Labute approximate surface area is 132 Å². The highest BCUT2D eigenvalue weighted by molar-refractivity contribution is 6.04. The molecule has 7 heteroatoms. The molecule has 0 spiro atoms. The first-order valence-corrected chi connectivity index (χ1v) is 7.18. The summed E-state index contributed by atoms with van der Waals surface area (Å²) >= 11 is 0. The monoisotopic (exact) mass is 313 g/mol. The fourth-order valence-corrected chi connectivity index (χ4v) is 2.47. The number of carbonyl (C=O) groups excluding carboxylic acids is 3. The molecule has 118 valence electrons. The Bertz CT molecular complexity index is 803. The molecule has 3 amide bonds. The van der Waals surface area contributed by atoms with Crippen LogP contribution in [0.25, 0.3) is 10.9 Å². The van der Waals surface area contributed by atoms with Crippen molar-refractivity contribution in [1.29, 1.82) is 0 Å². The van der Waals surface area contributed by atoms with Crippen molar-refractivity contribution >= 4 is 28.8 Å². The highest BCUT2D eigenvalue weighted by Gasteiger charge is 2.27. The molecule has 1 N–H and O–H groups in total. The maximum absolute atomic E-state index is 12.3. The third-order valence-electron chi connectivity index (χ3n) is 3.55. The van der Waals surface area contributed by atoms with Gasteiger partial charge < -0.3 is 10.1 Å². The average Bonchev–Trinajstić information content (AvgIpc) is 2.97. The minimum absolute atomic E-state index is 0.284. The van der Waals surface area contributed by atoms with E-state index in [0.29, 0.717) is 28.7 Å². The average molecular weight is 313 g/mol. The molecule has 7 nitrogen and oxygen atoms in total. The van der Waals surface area contributed by atoms with Gasteiger partial charge in [0, 0.05) is 24.2 Å². The standard InChI is InChI=1S/C16H15N3O4/c1-10-8-12(11-4-2-3-5-13(11)18-10)15(21)23-9-14(20)19-7-6-17-16(19)22/h2-5,8H,6-7,9H2,1H3,(H,17,22). The molecule has 2 aromatic rings. The topological polar surface area (TPSA) is 88.6 Å². The van der Waals surface area contributed by atoms with Crippen molar-refractivity contribution in [1.82, 2.24) is 15.2 Å². The number of nitrogens with one attached hydrogen (secondary N) is 1. The summed E-state index contributed by atoms with van der Waals surface area (Å²) in [6.07, 6.45) is 0. The number of ether oxygens (including phenoxy) is 1. The quantitative estimate of drug-likeness (QED) is 0.862. The molecule has 0 radical (unpaired) electrons. The van der Waals surface area contributed by atoms with Crippen LogP contribution in [0.3, 0.4) is 0 Å². The van der Waals surface area contributed by atoms with Crippen LogP contribution in [0.2, 0.25) is 0 Å². The molecule has 1 aromatic heterocycles. The van der Waals surface area contributed by atoms with E-state index in [1.165, 1.54) is 0 Å². The van der Waals surface area contributed by atoms with E-state index < -0.39 is 24.5 Å². The van der Waals surface area contributed by atoms with Gasteiger partial charge >= 0.3 is 12.0 Å². The molecule has 1 saturated heterocycles. The summed E-state index contributed by atoms with van der Waals surface area (Å²) in [5, 5.41) is 3.18. The van der Waals surface area contributed by atoms with Crippen molar-refractivity contribution in [3.63, 3.8) is 0 Å². The molecule has 3 rings (SSSR count). The van der Waals surface area contributed by atoms with Gasteiger partial charge in [-0.15, -0.1) is 0 Å². The summed E-state index contributed by atoms with van der Waals surface area (Å²) < 4.78 is 5.08. The number of hydrogen-bond donors (Lipinski definition) is 1. The second kappa shape index (κ2) is 6.04. The van der Waals surface area contributed by atoms with E-state index in [0.717, 1.165) is 4.90 Å². The van der Waals surface area contributed by atoms with Crippen LogP contribution in [0.15, 0.2) is 30.3 Å². The molecule has 2 heterocycles. The number of fused-ring (bicyclic) bond motifs is 1. The Morgan fingerprint density at radius 3 is 2.87 bits per heavy atom. The van der Waals surface area contributed by atoms with Crippen molar-refractivity contribution in [3.05, 3.63) is 41.6 Å². The van der Waals surface area contributed by atoms with E-state index in [-0.39, 0.29) is 6.54 Å². The van der Waals surface area contributed by atoms with Crippen LogP contribution in [0.4, 0.5) is 4.79 Å². The van der Waals surface area contributed by atoms with Crippen molar-refractivity contribution in [3.8, 4) is 0 Å². The van der Waals surface area contributed by atoms with E-state index in [1.807, 2.05) is 6.07 Å². The Morgan fingerprint density at radius 1 is 1.35 bits per heavy atom. The number of nitrogens with zero attached hydrogens (tertiary/aromatic N) is 2. The number of aryl methyl sites for hydroxylation is 1. The minimum Gasteiger partial charge on any atom is -0.452 e. The summed E-state index contributed by atoms with van der Waals surface area (Å²) in [6.45, 7) is 2.00. The number of amides is 3. The number of esters is 1. The smallest absolute Gasteiger partial charge is 0.339 e. The lowest BCUT2D eigenvalue weighted by Crippen LogP contribution is -2.37. The van der Waals surface area contributed by atoms with Crippen LogP contribution in [0.5, 0.6) is 0 Å². The Morgan fingerprint density at radius 2 is 2.13 bits per heavy atom. The number of carbonyl (C=O) groups is 3. The number of urea groups is 1. The lowest BCUT2D eigenvalue weighted by molar-refractivity contribution is -0.130. The normalized spacial score (nSPS) is 14.0. The van der Waals surface area contributed by atoms with Gasteiger partial charge in [0.25, 0.3) is 5.91 Å². The molecule has 0 bridgehead atoms. The summed E-state index contributed by atoms with van der Waals surface area (Å²) in [6, 6.07) is 8.37. The molecule has 0 saturated carbocycles. The van der Waals surface area contributed by atoms with Gasteiger partial charge in [-0.05, 0) is 19.1 Å². The molecule has 0 aliphatic carbocycles.